The molecule has 0 fully saturated rings. The number of ether oxygens (including phenoxy) is 4. The van der Waals surface area contributed by atoms with Crippen LogP contribution in [0.15, 0.2) is 85.1 Å². The van der Waals surface area contributed by atoms with Crippen LogP contribution in [0, 0.1) is 0 Å². The molecule has 0 aromatic carbocycles. The SMILES string of the molecule is CC(=O)O[C@@H]1C=C[C@@H](O)C1.CC(=O)O[C@@H]1C=C[C@H](O)C1.CC(=O)O[C@H]1C=C[C@@H](O)C1.CC(=O)O[C@H]1C=C[C@H](O)C1.O[C@@H]1C=C[C@@H](O)C1.O[C@@H]1C=C[C@H](O)C1.O[C@H]1C=C[C@H](O)C1. The second-order valence-corrected chi connectivity index (χ2v) is 14.6. The zero-order valence-corrected chi connectivity index (χ0v) is 34.9. The Hall–Kier alpha value is -4.34. The molecule has 18 nitrogen and oxygen atoms in total. The molecule has 0 heterocycles. The summed E-state index contributed by atoms with van der Waals surface area (Å²) in [6.45, 7) is 5.44. The maximum atomic E-state index is 10.4. The van der Waals surface area contributed by atoms with Crippen LogP contribution >= 0.6 is 0 Å². The van der Waals surface area contributed by atoms with Gasteiger partial charge in [0, 0.05) is 72.6 Å². The van der Waals surface area contributed by atoms with Crippen molar-refractivity contribution in [1.82, 2.24) is 0 Å². The van der Waals surface area contributed by atoms with Crippen molar-refractivity contribution in [3.05, 3.63) is 85.1 Å². The van der Waals surface area contributed by atoms with E-state index in [1.54, 1.807) is 85.1 Å². The summed E-state index contributed by atoms with van der Waals surface area (Å²) in [6, 6.07) is 0. The van der Waals surface area contributed by atoms with Gasteiger partial charge in [0.15, 0.2) is 0 Å². The Morgan fingerprint density at radius 3 is 0.492 bits per heavy atom. The summed E-state index contributed by atoms with van der Waals surface area (Å²) in [4.78, 5) is 41.5. The Morgan fingerprint density at radius 2 is 0.410 bits per heavy atom. The van der Waals surface area contributed by atoms with Crippen LogP contribution in [0.25, 0.3) is 0 Å². The van der Waals surface area contributed by atoms with E-state index in [1.165, 1.54) is 27.7 Å². The van der Waals surface area contributed by atoms with Gasteiger partial charge in [-0.15, -0.1) is 0 Å². The van der Waals surface area contributed by atoms with Crippen molar-refractivity contribution in [2.75, 3.05) is 0 Å². The lowest BCUT2D eigenvalue weighted by atomic mass is 10.3. The third kappa shape index (κ3) is 28.8. The highest BCUT2D eigenvalue weighted by molar-refractivity contribution is 5.67. The van der Waals surface area contributed by atoms with Gasteiger partial charge in [-0.05, 0) is 24.3 Å². The number of hydrogen-bond donors (Lipinski definition) is 10. The highest BCUT2D eigenvalue weighted by Gasteiger charge is 2.21. The van der Waals surface area contributed by atoms with Crippen LogP contribution in [0.1, 0.15) is 72.6 Å². The summed E-state index contributed by atoms with van der Waals surface area (Å²) < 4.78 is 19.2. The molecule has 344 valence electrons. The van der Waals surface area contributed by atoms with Crippen LogP contribution in [-0.2, 0) is 38.1 Å². The molecule has 0 saturated heterocycles. The van der Waals surface area contributed by atoms with Gasteiger partial charge in [0.05, 0.1) is 61.0 Å². The Labute approximate surface area is 355 Å². The zero-order chi connectivity index (χ0) is 46.1. The summed E-state index contributed by atoms with van der Waals surface area (Å²) in [7, 11) is 0. The van der Waals surface area contributed by atoms with Crippen LogP contribution in [0.5, 0.6) is 0 Å². The van der Waals surface area contributed by atoms with E-state index in [1.807, 2.05) is 0 Å². The minimum atomic E-state index is -0.440. The molecule has 7 rings (SSSR count). The van der Waals surface area contributed by atoms with E-state index in [9.17, 15) is 19.2 Å². The third-order valence-electron chi connectivity index (χ3n) is 8.47. The van der Waals surface area contributed by atoms with Crippen LogP contribution < -0.4 is 0 Å². The maximum Gasteiger partial charge on any atom is 0.303 e. The minimum Gasteiger partial charge on any atom is -0.458 e. The van der Waals surface area contributed by atoms with Crippen molar-refractivity contribution in [3.8, 4) is 0 Å². The molecule has 0 saturated carbocycles. The molecule has 0 aromatic rings. The summed E-state index contributed by atoms with van der Waals surface area (Å²) in [6.07, 6.45) is 21.3. The van der Waals surface area contributed by atoms with Gasteiger partial charge in [-0.2, -0.15) is 0 Å². The van der Waals surface area contributed by atoms with E-state index in [2.05, 4.69) is 0 Å². The lowest BCUT2D eigenvalue weighted by Crippen LogP contribution is -2.13. The molecule has 0 spiro atoms. The van der Waals surface area contributed by atoms with Crippen molar-refractivity contribution in [3.63, 3.8) is 0 Å². The predicted octanol–water partition coefficient (Wildman–Crippen LogP) is -0.0401. The van der Waals surface area contributed by atoms with Gasteiger partial charge in [0.25, 0.3) is 0 Å². The summed E-state index contributed by atoms with van der Waals surface area (Å²) in [5.74, 6) is -1.21. The molecule has 10 N–H and O–H groups in total. The van der Waals surface area contributed by atoms with E-state index in [-0.39, 0.29) is 48.3 Å². The van der Waals surface area contributed by atoms with Gasteiger partial charge in [0.1, 0.15) is 24.4 Å². The second-order valence-electron chi connectivity index (χ2n) is 14.6. The third-order valence-corrected chi connectivity index (χ3v) is 8.47. The highest BCUT2D eigenvalue weighted by Crippen LogP contribution is 2.16. The molecule has 18 heteroatoms. The van der Waals surface area contributed by atoms with E-state index >= 15 is 0 Å². The Kier molecular flexibility index (Phi) is 26.7. The van der Waals surface area contributed by atoms with Crippen LogP contribution in [0.4, 0.5) is 0 Å². The van der Waals surface area contributed by atoms with Crippen LogP contribution in [-0.4, -0.2) is 160 Å². The van der Waals surface area contributed by atoms with Crippen molar-refractivity contribution in [1.29, 1.82) is 0 Å². The fourth-order valence-electron chi connectivity index (χ4n) is 5.77. The Morgan fingerprint density at radius 1 is 0.279 bits per heavy atom. The predicted molar refractivity (Wildman–Crippen MR) is 219 cm³/mol. The average Bonchev–Trinajstić information content (AvgIpc) is 4.03. The van der Waals surface area contributed by atoms with E-state index < -0.39 is 61.0 Å². The topological polar surface area (TPSA) is 308 Å². The minimum absolute atomic E-state index is 0.215. The molecule has 0 unspecified atom stereocenters. The maximum absolute atomic E-state index is 10.4. The molecule has 7 aliphatic carbocycles. The first-order valence-electron chi connectivity index (χ1n) is 19.9. The fourth-order valence-corrected chi connectivity index (χ4v) is 5.77. The van der Waals surface area contributed by atoms with Crippen LogP contribution in [0.2, 0.25) is 0 Å². The number of hydrogen-bond acceptors (Lipinski definition) is 18. The van der Waals surface area contributed by atoms with Crippen molar-refractivity contribution >= 4 is 23.9 Å². The molecular formula is C43H64O18. The first-order valence-corrected chi connectivity index (χ1v) is 19.9. The molecule has 0 amide bonds. The van der Waals surface area contributed by atoms with E-state index in [0.717, 1.165) is 0 Å². The van der Waals surface area contributed by atoms with Crippen molar-refractivity contribution in [2.45, 2.75) is 158 Å². The lowest BCUT2D eigenvalue weighted by Gasteiger charge is -2.07. The molecule has 0 bridgehead atoms. The van der Waals surface area contributed by atoms with Gasteiger partial charge in [-0.3, -0.25) is 19.2 Å². The number of aliphatic hydroxyl groups is 10. The summed E-state index contributed by atoms with van der Waals surface area (Å²) in [5.41, 5.74) is 0. The van der Waals surface area contributed by atoms with E-state index in [4.69, 9.17) is 70.0 Å². The number of carbonyl (C=O) groups is 4. The molecule has 61 heavy (non-hydrogen) atoms. The molecule has 14 atom stereocenters. The molecule has 0 aromatic heterocycles. The highest BCUT2D eigenvalue weighted by atomic mass is 16.6. The summed E-state index contributed by atoms with van der Waals surface area (Å²) >= 11 is 0. The van der Waals surface area contributed by atoms with Gasteiger partial charge in [-0.1, -0.05) is 60.8 Å². The largest absolute Gasteiger partial charge is 0.458 e. The molecule has 7 aliphatic rings. The van der Waals surface area contributed by atoms with Crippen molar-refractivity contribution in [2.24, 2.45) is 0 Å². The van der Waals surface area contributed by atoms with E-state index in [0.29, 0.717) is 44.9 Å². The normalized spacial score (nSPS) is 33.7. The van der Waals surface area contributed by atoms with Crippen LogP contribution in [0.3, 0.4) is 0 Å². The Bertz CT molecular complexity index is 1300. The first-order chi connectivity index (χ1) is 28.6. The lowest BCUT2D eigenvalue weighted by molar-refractivity contribution is -0.145. The fraction of sp³-hybridized carbons (Fsp3) is 0.581. The van der Waals surface area contributed by atoms with Gasteiger partial charge in [-0.25, -0.2) is 0 Å². The average molecular weight is 869 g/mol. The zero-order valence-electron chi connectivity index (χ0n) is 34.9. The quantitative estimate of drug-likeness (QED) is 0.101. The standard InChI is InChI=1S/4C7H10O3.3C5H8O2/c4*1-5(8)10-7-3-2-6(9)4-7;3*6-4-1-2-5(7)3-4/h4*2-3,6-7,9H,4H2,1H3;3*1-2,4-7H,3H2/t2*6-,7+;2*6-,7-;4-,5+;2*4-,5-/m1010.10/s1. The molecule has 0 aliphatic heterocycles. The van der Waals surface area contributed by atoms with Gasteiger partial charge in [0.2, 0.25) is 0 Å². The number of carbonyl (C=O) groups excluding carboxylic acids is 4. The Balaban J connectivity index is 0.000000358. The number of rotatable bonds is 4. The number of esters is 4. The molecule has 0 radical (unpaired) electrons. The van der Waals surface area contributed by atoms with Gasteiger partial charge >= 0.3 is 23.9 Å². The number of aliphatic hydroxyl groups excluding tert-OH is 10. The smallest absolute Gasteiger partial charge is 0.303 e. The first kappa shape index (κ1) is 54.7. The monoisotopic (exact) mass is 868 g/mol. The second kappa shape index (κ2) is 29.8. The molecular weight excluding hydrogens is 804 g/mol. The summed E-state index contributed by atoms with van der Waals surface area (Å²) in [5, 5.41) is 87.7. The van der Waals surface area contributed by atoms with Gasteiger partial charge < -0.3 is 70.0 Å². The van der Waals surface area contributed by atoms with Crippen molar-refractivity contribution < 1.29 is 89.2 Å².